The molecular weight excluding hydrogens is 997 g/mol. The Hall–Kier alpha value is -10.0. The van der Waals surface area contributed by atoms with Crippen molar-refractivity contribution in [2.75, 3.05) is 9.80 Å². The molecule has 0 bridgehead atoms. The molecule has 0 spiro atoms. The molecule has 0 amide bonds. The standard InChI is InChI=1S/C76H58N6/c1-75(2)69-19-7-5-17-61(69)63-33-29-53(41-71(63)75)49-21-25-51(26-22-49)73-65-35-31-56(82(59-15-11-39-79-47-59)60-16-12-40-80-48-60)44-68(65)74(66-36-32-55(43-67(66)73)81(57-13-9-37-77-45-57)58-14-10-38-78-46-58)52-27-23-50(24-28-52)54-30-34-64-62-18-6-8-20-70(62)76(3,4)72(64)42-54/h5-48,61,69H,1-4H3. The Kier molecular flexibility index (Phi) is 11.6. The minimum atomic E-state index is -0.102. The second kappa shape index (κ2) is 19.4. The fraction of sp³-hybridized carbons (Fsp3) is 0.105. The average Bonchev–Trinajstić information content (AvgIpc) is 3.07. The maximum Gasteiger partial charge on any atom is 0.0645 e. The number of fused-ring (bicyclic) bond motifs is 8. The van der Waals surface area contributed by atoms with Crippen molar-refractivity contribution >= 4 is 55.7 Å². The first-order valence-corrected chi connectivity index (χ1v) is 28.4. The van der Waals surface area contributed by atoms with Gasteiger partial charge < -0.3 is 9.80 Å². The molecule has 12 aromatic rings. The molecule has 6 nitrogen and oxygen atoms in total. The maximum absolute atomic E-state index is 4.61. The molecule has 0 radical (unpaired) electrons. The van der Waals surface area contributed by atoms with Gasteiger partial charge in [-0.15, -0.1) is 0 Å². The van der Waals surface area contributed by atoms with Crippen molar-refractivity contribution in [3.05, 3.63) is 290 Å². The van der Waals surface area contributed by atoms with Crippen LogP contribution in [-0.2, 0) is 10.8 Å². The van der Waals surface area contributed by atoms with Gasteiger partial charge in [-0.3, -0.25) is 19.9 Å². The number of rotatable bonds is 10. The van der Waals surface area contributed by atoms with E-state index in [2.05, 4.69) is 252 Å². The molecule has 2 atom stereocenters. The molecule has 6 heteroatoms. The Morgan fingerprint density at radius 1 is 0.341 bits per heavy atom. The van der Waals surface area contributed by atoms with Gasteiger partial charge in [0, 0.05) is 47.5 Å². The monoisotopic (exact) mass is 1050 g/mol. The molecule has 15 rings (SSSR count). The van der Waals surface area contributed by atoms with Gasteiger partial charge in [0.25, 0.3) is 0 Å². The molecule has 4 heterocycles. The summed E-state index contributed by atoms with van der Waals surface area (Å²) in [6.07, 6.45) is 24.2. The van der Waals surface area contributed by atoms with E-state index in [9.17, 15) is 0 Å². The van der Waals surface area contributed by atoms with E-state index in [0.29, 0.717) is 11.8 Å². The summed E-state index contributed by atoms with van der Waals surface area (Å²) in [5.74, 6) is 0.852. The van der Waals surface area contributed by atoms with Crippen molar-refractivity contribution in [2.45, 2.75) is 44.4 Å². The normalized spacial score (nSPS) is 15.9. The molecular formula is C76H58N6. The van der Waals surface area contributed by atoms with Crippen molar-refractivity contribution in [2.24, 2.45) is 5.92 Å². The second-order valence-electron chi connectivity index (χ2n) is 23.2. The van der Waals surface area contributed by atoms with Crippen LogP contribution in [0.2, 0.25) is 0 Å². The molecule has 2 unspecified atom stereocenters. The number of pyridine rings is 4. The van der Waals surface area contributed by atoms with Gasteiger partial charge in [-0.1, -0.05) is 167 Å². The highest BCUT2D eigenvalue weighted by Gasteiger charge is 2.44. The Labute approximate surface area is 479 Å². The molecule has 8 aromatic carbocycles. The van der Waals surface area contributed by atoms with Gasteiger partial charge in [-0.2, -0.15) is 0 Å². The Morgan fingerprint density at radius 3 is 1.28 bits per heavy atom. The quantitative estimate of drug-likeness (QED) is 0.127. The van der Waals surface area contributed by atoms with Crippen molar-refractivity contribution in [1.82, 2.24) is 19.9 Å². The van der Waals surface area contributed by atoms with Crippen LogP contribution in [0.3, 0.4) is 0 Å². The van der Waals surface area contributed by atoms with E-state index in [4.69, 9.17) is 0 Å². The third kappa shape index (κ3) is 8.00. The van der Waals surface area contributed by atoms with Crippen molar-refractivity contribution in [3.63, 3.8) is 0 Å². The topological polar surface area (TPSA) is 58.0 Å². The van der Waals surface area contributed by atoms with Gasteiger partial charge in [-0.25, -0.2) is 0 Å². The van der Waals surface area contributed by atoms with Crippen LogP contribution < -0.4 is 9.80 Å². The highest BCUT2D eigenvalue weighted by molar-refractivity contribution is 6.23. The van der Waals surface area contributed by atoms with E-state index in [1.165, 1.54) is 55.6 Å². The first-order valence-electron chi connectivity index (χ1n) is 28.4. The van der Waals surface area contributed by atoms with Crippen LogP contribution in [0, 0.1) is 5.92 Å². The van der Waals surface area contributed by atoms with E-state index in [-0.39, 0.29) is 10.8 Å². The molecule has 0 fully saturated rings. The summed E-state index contributed by atoms with van der Waals surface area (Å²) in [7, 11) is 0. The number of allylic oxidation sites excluding steroid dienone is 4. The molecule has 4 aromatic heterocycles. The molecule has 0 N–H and O–H groups in total. The van der Waals surface area contributed by atoms with Crippen molar-refractivity contribution in [3.8, 4) is 55.6 Å². The summed E-state index contributed by atoms with van der Waals surface area (Å²) < 4.78 is 0. The van der Waals surface area contributed by atoms with Crippen molar-refractivity contribution in [1.29, 1.82) is 0 Å². The Bertz CT molecular complexity index is 4410. The third-order valence-corrected chi connectivity index (χ3v) is 17.9. The van der Waals surface area contributed by atoms with Crippen LogP contribution in [0.15, 0.2) is 268 Å². The largest absolute Gasteiger partial charge is 0.307 e. The van der Waals surface area contributed by atoms with Crippen LogP contribution in [0.25, 0.3) is 77.2 Å². The number of nitrogens with zero attached hydrogens (tertiary/aromatic N) is 6. The lowest BCUT2D eigenvalue weighted by Gasteiger charge is -2.29. The molecule has 0 aliphatic heterocycles. The third-order valence-electron chi connectivity index (χ3n) is 17.9. The summed E-state index contributed by atoms with van der Waals surface area (Å²) in [5, 5.41) is 4.52. The molecule has 3 aliphatic carbocycles. The molecule has 82 heavy (non-hydrogen) atoms. The summed E-state index contributed by atoms with van der Waals surface area (Å²) in [4.78, 5) is 22.9. The number of hydrogen-bond donors (Lipinski definition) is 0. The van der Waals surface area contributed by atoms with Crippen LogP contribution in [-0.4, -0.2) is 19.9 Å². The molecule has 0 saturated heterocycles. The lowest BCUT2D eigenvalue weighted by atomic mass is 9.74. The van der Waals surface area contributed by atoms with Crippen LogP contribution >= 0.6 is 0 Å². The summed E-state index contributed by atoms with van der Waals surface area (Å²) in [6.45, 7) is 9.52. The van der Waals surface area contributed by atoms with E-state index in [1.54, 1.807) is 0 Å². The highest BCUT2D eigenvalue weighted by Crippen LogP contribution is 2.55. The summed E-state index contributed by atoms with van der Waals surface area (Å²) >= 11 is 0. The van der Waals surface area contributed by atoms with E-state index in [0.717, 1.165) is 77.9 Å². The van der Waals surface area contributed by atoms with Gasteiger partial charge >= 0.3 is 0 Å². The zero-order chi connectivity index (χ0) is 55.1. The van der Waals surface area contributed by atoms with E-state index < -0.39 is 0 Å². The minimum Gasteiger partial charge on any atom is -0.307 e. The average molecular weight is 1060 g/mol. The second-order valence-corrected chi connectivity index (χ2v) is 23.2. The van der Waals surface area contributed by atoms with E-state index in [1.807, 2.05) is 73.8 Å². The molecule has 392 valence electrons. The van der Waals surface area contributed by atoms with Gasteiger partial charge in [0.15, 0.2) is 0 Å². The lowest BCUT2D eigenvalue weighted by Crippen LogP contribution is -2.24. The van der Waals surface area contributed by atoms with Crippen molar-refractivity contribution < 1.29 is 0 Å². The number of anilines is 6. The SMILES string of the molecule is CC1(C)c2ccccc2-c2ccc(-c3ccc(-c4c5ccc(N(c6cccnc6)c6cccnc6)cc5c(-c5ccc(-c6ccc7c(c6)C(C)(C)C6C=CC=CC76)cc5)c5ccc(N(c6cccnc6)c6cccnc6)cc45)cc3)cc21. The lowest BCUT2D eigenvalue weighted by molar-refractivity contribution is 0.394. The fourth-order valence-corrected chi connectivity index (χ4v) is 13.8. The Morgan fingerprint density at radius 2 is 0.780 bits per heavy atom. The zero-order valence-corrected chi connectivity index (χ0v) is 46.2. The molecule has 3 aliphatic rings. The first-order chi connectivity index (χ1) is 40.2. The zero-order valence-electron chi connectivity index (χ0n) is 46.2. The smallest absolute Gasteiger partial charge is 0.0645 e. The van der Waals surface area contributed by atoms with E-state index >= 15 is 0 Å². The first kappa shape index (κ1) is 49.0. The summed E-state index contributed by atoms with van der Waals surface area (Å²) in [6, 6.07) is 71.9. The highest BCUT2D eigenvalue weighted by atomic mass is 15.2. The van der Waals surface area contributed by atoms with Gasteiger partial charge in [0.1, 0.15) is 0 Å². The summed E-state index contributed by atoms with van der Waals surface area (Å²) in [5.41, 5.74) is 23.3. The number of aromatic nitrogens is 4. The predicted molar refractivity (Wildman–Crippen MR) is 339 cm³/mol. The predicted octanol–water partition coefficient (Wildman–Crippen LogP) is 19.6. The number of hydrogen-bond acceptors (Lipinski definition) is 6. The van der Waals surface area contributed by atoms with Crippen LogP contribution in [0.1, 0.15) is 55.9 Å². The minimum absolute atomic E-state index is 0.0167. The fourth-order valence-electron chi connectivity index (χ4n) is 13.8. The maximum atomic E-state index is 4.61. The van der Waals surface area contributed by atoms with Gasteiger partial charge in [-0.05, 0) is 190 Å². The molecule has 0 saturated carbocycles. The van der Waals surface area contributed by atoms with Crippen LogP contribution in [0.5, 0.6) is 0 Å². The Balaban J connectivity index is 0.954. The number of benzene rings is 8. The van der Waals surface area contributed by atoms with Gasteiger partial charge in [0.2, 0.25) is 0 Å². The van der Waals surface area contributed by atoms with Gasteiger partial charge in [0.05, 0.1) is 47.5 Å². The van der Waals surface area contributed by atoms with Crippen LogP contribution in [0.4, 0.5) is 34.1 Å².